The second kappa shape index (κ2) is 7.68. The van der Waals surface area contributed by atoms with Crippen molar-refractivity contribution in [2.24, 2.45) is 5.92 Å². The Morgan fingerprint density at radius 3 is 2.72 bits per heavy atom. The first kappa shape index (κ1) is 19.7. The van der Waals surface area contributed by atoms with Crippen LogP contribution < -0.4 is 0 Å². The summed E-state index contributed by atoms with van der Waals surface area (Å²) in [5, 5.41) is 7.62. The summed E-state index contributed by atoms with van der Waals surface area (Å²) in [6.07, 6.45) is 1.99. The van der Waals surface area contributed by atoms with E-state index in [1.807, 2.05) is 0 Å². The van der Waals surface area contributed by atoms with Gasteiger partial charge >= 0.3 is 0 Å². The van der Waals surface area contributed by atoms with E-state index >= 15 is 0 Å². The van der Waals surface area contributed by atoms with E-state index < -0.39 is 15.8 Å². The number of nitrogens with zero attached hydrogens (tertiary/aromatic N) is 4. The van der Waals surface area contributed by atoms with Crippen LogP contribution in [0.1, 0.15) is 30.2 Å². The fourth-order valence-corrected chi connectivity index (χ4v) is 5.57. The highest BCUT2D eigenvalue weighted by Gasteiger charge is 2.35. The smallest absolute Gasteiger partial charge is 0.248 e. The van der Waals surface area contributed by atoms with Crippen LogP contribution in [0.4, 0.5) is 4.39 Å². The van der Waals surface area contributed by atoms with Gasteiger partial charge < -0.3 is 9.05 Å². The van der Waals surface area contributed by atoms with Gasteiger partial charge in [-0.1, -0.05) is 22.4 Å². The third kappa shape index (κ3) is 3.82. The highest BCUT2D eigenvalue weighted by atomic mass is 32.2. The molecule has 1 unspecified atom stereocenters. The summed E-state index contributed by atoms with van der Waals surface area (Å²) >= 11 is 0. The van der Waals surface area contributed by atoms with Crippen molar-refractivity contribution in [3.8, 4) is 11.4 Å². The van der Waals surface area contributed by atoms with Crippen LogP contribution in [0.25, 0.3) is 11.4 Å². The van der Waals surface area contributed by atoms with E-state index in [-0.39, 0.29) is 28.0 Å². The lowest BCUT2D eigenvalue weighted by atomic mass is 9.96. The zero-order valence-corrected chi connectivity index (χ0v) is 16.9. The highest BCUT2D eigenvalue weighted by Crippen LogP contribution is 2.29. The van der Waals surface area contributed by atoms with Crippen molar-refractivity contribution in [2.75, 3.05) is 13.1 Å². The molecule has 1 aliphatic heterocycles. The lowest BCUT2D eigenvalue weighted by Gasteiger charge is -2.31. The van der Waals surface area contributed by atoms with E-state index in [2.05, 4.69) is 15.3 Å². The first-order valence-corrected chi connectivity index (χ1v) is 10.8. The Kier molecular flexibility index (Phi) is 5.22. The van der Waals surface area contributed by atoms with Crippen LogP contribution in [-0.4, -0.2) is 41.1 Å². The lowest BCUT2D eigenvalue weighted by molar-refractivity contribution is 0.246. The fourth-order valence-electron chi connectivity index (χ4n) is 3.72. The van der Waals surface area contributed by atoms with Crippen LogP contribution in [0.3, 0.4) is 0 Å². The predicted octanol–water partition coefficient (Wildman–Crippen LogP) is 3.12. The quantitative estimate of drug-likeness (QED) is 0.625. The average molecular weight is 420 g/mol. The van der Waals surface area contributed by atoms with E-state index in [1.54, 1.807) is 32.0 Å². The van der Waals surface area contributed by atoms with Gasteiger partial charge in [-0.15, -0.1) is 0 Å². The Bertz CT molecular complexity index is 1110. The van der Waals surface area contributed by atoms with E-state index in [0.717, 1.165) is 12.8 Å². The SMILES string of the molecule is Cc1noc(C)c1S(=O)(=O)N1CCCC(Cc2nc(-c3ccccc3F)no2)C1. The van der Waals surface area contributed by atoms with Gasteiger partial charge in [0.1, 0.15) is 16.4 Å². The topological polar surface area (TPSA) is 102 Å². The van der Waals surface area contributed by atoms with Crippen molar-refractivity contribution in [2.45, 2.75) is 38.0 Å². The van der Waals surface area contributed by atoms with E-state index in [1.165, 1.54) is 10.4 Å². The molecule has 0 bridgehead atoms. The van der Waals surface area contributed by atoms with Gasteiger partial charge in [0, 0.05) is 19.5 Å². The molecule has 1 fully saturated rings. The van der Waals surface area contributed by atoms with Gasteiger partial charge in [0.2, 0.25) is 21.7 Å². The molecule has 29 heavy (non-hydrogen) atoms. The molecule has 1 aromatic carbocycles. The van der Waals surface area contributed by atoms with Gasteiger partial charge in [0.15, 0.2) is 5.76 Å². The van der Waals surface area contributed by atoms with Crippen LogP contribution in [0.5, 0.6) is 0 Å². The van der Waals surface area contributed by atoms with E-state index in [9.17, 15) is 12.8 Å². The molecule has 3 aromatic rings. The van der Waals surface area contributed by atoms with Gasteiger partial charge in [-0.3, -0.25) is 0 Å². The second-order valence-corrected chi connectivity index (χ2v) is 9.10. The summed E-state index contributed by atoms with van der Waals surface area (Å²) in [6, 6.07) is 6.22. The Labute approximate surface area is 167 Å². The zero-order valence-electron chi connectivity index (χ0n) is 16.1. The molecular formula is C19H21FN4O4S. The standard InChI is InChI=1S/C19H21FN4O4S/c1-12-18(13(2)27-22-12)29(25,26)24-9-5-6-14(11-24)10-17-21-19(23-28-17)15-7-3-4-8-16(15)20/h3-4,7-8,14H,5-6,9-11H2,1-2H3. The third-order valence-corrected chi connectivity index (χ3v) is 7.20. The monoisotopic (exact) mass is 420 g/mol. The van der Waals surface area contributed by atoms with E-state index in [0.29, 0.717) is 31.1 Å². The molecule has 0 saturated carbocycles. The first-order valence-electron chi connectivity index (χ1n) is 9.36. The largest absolute Gasteiger partial charge is 0.360 e. The maximum absolute atomic E-state index is 13.9. The number of rotatable bonds is 5. The molecule has 8 nitrogen and oxygen atoms in total. The van der Waals surface area contributed by atoms with Crippen LogP contribution in [0.15, 0.2) is 38.2 Å². The van der Waals surface area contributed by atoms with Crippen LogP contribution >= 0.6 is 0 Å². The summed E-state index contributed by atoms with van der Waals surface area (Å²) in [6.45, 7) is 3.99. The third-order valence-electron chi connectivity index (χ3n) is 5.09. The molecule has 10 heteroatoms. The van der Waals surface area contributed by atoms with Crippen molar-refractivity contribution in [1.29, 1.82) is 0 Å². The summed E-state index contributed by atoms with van der Waals surface area (Å²) in [4.78, 5) is 4.43. The van der Waals surface area contributed by atoms with Crippen molar-refractivity contribution >= 4 is 10.0 Å². The Hall–Kier alpha value is -2.59. The molecule has 0 amide bonds. The Morgan fingerprint density at radius 2 is 2.00 bits per heavy atom. The number of sulfonamides is 1. The first-order chi connectivity index (χ1) is 13.9. The maximum Gasteiger partial charge on any atom is 0.248 e. The number of hydrogen-bond donors (Lipinski definition) is 0. The van der Waals surface area contributed by atoms with Gasteiger partial charge in [0.05, 0.1) is 5.56 Å². The minimum atomic E-state index is -3.69. The minimum absolute atomic E-state index is 0.0212. The number of benzene rings is 1. The molecular weight excluding hydrogens is 399 g/mol. The second-order valence-electron chi connectivity index (χ2n) is 7.22. The number of piperidine rings is 1. The predicted molar refractivity (Wildman–Crippen MR) is 101 cm³/mol. The maximum atomic E-state index is 13.9. The highest BCUT2D eigenvalue weighted by molar-refractivity contribution is 7.89. The Morgan fingerprint density at radius 1 is 1.21 bits per heavy atom. The lowest BCUT2D eigenvalue weighted by Crippen LogP contribution is -2.40. The van der Waals surface area contributed by atoms with Gasteiger partial charge in [0.25, 0.3) is 0 Å². The molecule has 0 spiro atoms. The molecule has 4 rings (SSSR count). The van der Waals surface area contributed by atoms with E-state index in [4.69, 9.17) is 9.05 Å². The molecule has 2 aromatic heterocycles. The number of hydrogen-bond acceptors (Lipinski definition) is 7. The van der Waals surface area contributed by atoms with Crippen LogP contribution in [-0.2, 0) is 16.4 Å². The molecule has 1 aliphatic rings. The average Bonchev–Trinajstić information content (AvgIpc) is 3.29. The zero-order chi connectivity index (χ0) is 20.6. The summed E-state index contributed by atoms with van der Waals surface area (Å²) in [5.41, 5.74) is 0.629. The van der Waals surface area contributed by atoms with Crippen LogP contribution in [0.2, 0.25) is 0 Å². The van der Waals surface area contributed by atoms with Gasteiger partial charge in [-0.25, -0.2) is 12.8 Å². The molecule has 1 atom stereocenters. The van der Waals surface area contributed by atoms with Crippen molar-refractivity contribution in [3.05, 3.63) is 47.4 Å². The van der Waals surface area contributed by atoms with Crippen molar-refractivity contribution in [3.63, 3.8) is 0 Å². The summed E-state index contributed by atoms with van der Waals surface area (Å²) < 4.78 is 51.8. The normalized spacial score (nSPS) is 18.2. The number of aryl methyl sites for hydroxylation is 2. The van der Waals surface area contributed by atoms with Crippen LogP contribution in [0, 0.1) is 25.6 Å². The van der Waals surface area contributed by atoms with Gasteiger partial charge in [-0.2, -0.15) is 9.29 Å². The van der Waals surface area contributed by atoms with Gasteiger partial charge in [-0.05, 0) is 44.7 Å². The molecule has 0 aliphatic carbocycles. The molecule has 1 saturated heterocycles. The molecule has 154 valence electrons. The fraction of sp³-hybridized carbons (Fsp3) is 0.421. The summed E-state index contributed by atoms with van der Waals surface area (Å²) in [7, 11) is -3.69. The summed E-state index contributed by atoms with van der Waals surface area (Å²) in [5.74, 6) is 0.442. The van der Waals surface area contributed by atoms with Crippen molar-refractivity contribution < 1.29 is 21.9 Å². The number of halogens is 1. The number of aromatic nitrogens is 3. The Balaban J connectivity index is 1.49. The minimum Gasteiger partial charge on any atom is -0.360 e. The molecule has 3 heterocycles. The molecule has 0 N–H and O–H groups in total. The van der Waals surface area contributed by atoms with Crippen molar-refractivity contribution in [1.82, 2.24) is 19.6 Å². The molecule has 0 radical (unpaired) electrons.